The summed E-state index contributed by atoms with van der Waals surface area (Å²) in [7, 11) is 0. The molecule has 9 heteroatoms. The Kier molecular flexibility index (Phi) is 4.57. The molecule has 2 aliphatic carbocycles. The lowest BCUT2D eigenvalue weighted by Crippen LogP contribution is -2.33. The smallest absolute Gasteiger partial charge is 0.267 e. The third-order valence-corrected chi connectivity index (χ3v) is 5.67. The van der Waals surface area contributed by atoms with Gasteiger partial charge in [0.25, 0.3) is 5.56 Å². The first-order valence-corrected chi connectivity index (χ1v) is 10.2. The second-order valence-electron chi connectivity index (χ2n) is 7.99. The van der Waals surface area contributed by atoms with Gasteiger partial charge in [-0.3, -0.25) is 4.79 Å². The van der Waals surface area contributed by atoms with E-state index in [1.54, 1.807) is 27.8 Å². The average Bonchev–Trinajstić information content (AvgIpc) is 3.43. The lowest BCUT2D eigenvalue weighted by molar-refractivity contribution is 0.302. The van der Waals surface area contributed by atoms with Gasteiger partial charge in [-0.25, -0.2) is 24.3 Å². The van der Waals surface area contributed by atoms with E-state index in [4.69, 9.17) is 4.98 Å². The van der Waals surface area contributed by atoms with E-state index in [1.165, 1.54) is 19.2 Å². The van der Waals surface area contributed by atoms with Crippen molar-refractivity contribution in [2.75, 3.05) is 5.32 Å². The summed E-state index contributed by atoms with van der Waals surface area (Å²) < 4.78 is 3.17. The van der Waals surface area contributed by atoms with Crippen LogP contribution >= 0.6 is 0 Å². The van der Waals surface area contributed by atoms with Crippen molar-refractivity contribution in [3.05, 3.63) is 52.7 Å². The number of nitrogens with zero attached hydrogens (tertiary/aromatic N) is 7. The topological polar surface area (TPSA) is 103 Å². The highest BCUT2D eigenvalue weighted by Crippen LogP contribution is 2.38. The summed E-state index contributed by atoms with van der Waals surface area (Å²) in [5.74, 6) is 3.04. The maximum Gasteiger partial charge on any atom is 0.267 e. The monoisotopic (exact) mass is 392 g/mol. The molecule has 0 amide bonds. The van der Waals surface area contributed by atoms with Crippen LogP contribution < -0.4 is 10.9 Å². The molecule has 150 valence electrons. The average molecular weight is 392 g/mol. The van der Waals surface area contributed by atoms with Gasteiger partial charge < -0.3 is 5.32 Å². The first-order chi connectivity index (χ1) is 14.2. The van der Waals surface area contributed by atoms with Crippen molar-refractivity contribution in [2.45, 2.75) is 63.5 Å². The van der Waals surface area contributed by atoms with Crippen LogP contribution in [0.25, 0.3) is 5.82 Å². The Labute approximate surface area is 168 Å². The summed E-state index contributed by atoms with van der Waals surface area (Å²) in [4.78, 5) is 25.6. The summed E-state index contributed by atoms with van der Waals surface area (Å²) >= 11 is 0. The Bertz CT molecular complexity index is 1050. The van der Waals surface area contributed by atoms with Crippen molar-refractivity contribution in [1.82, 2.24) is 34.5 Å². The number of aromatic nitrogens is 7. The van der Waals surface area contributed by atoms with Crippen LogP contribution in [0.1, 0.15) is 62.0 Å². The third kappa shape index (κ3) is 3.90. The Morgan fingerprint density at radius 3 is 2.62 bits per heavy atom. The van der Waals surface area contributed by atoms with Crippen molar-refractivity contribution in [2.24, 2.45) is 0 Å². The van der Waals surface area contributed by atoms with Gasteiger partial charge >= 0.3 is 0 Å². The van der Waals surface area contributed by atoms with Crippen molar-refractivity contribution in [1.29, 1.82) is 0 Å². The van der Waals surface area contributed by atoms with Gasteiger partial charge in [-0.15, -0.1) is 5.10 Å². The Balaban J connectivity index is 1.26. The Morgan fingerprint density at radius 2 is 1.90 bits per heavy atom. The van der Waals surface area contributed by atoms with Gasteiger partial charge in [0.1, 0.15) is 24.3 Å². The minimum atomic E-state index is -0.0780. The third-order valence-electron chi connectivity index (χ3n) is 5.67. The molecule has 9 nitrogen and oxygen atoms in total. The molecule has 2 fully saturated rings. The van der Waals surface area contributed by atoms with Crippen LogP contribution in [0.3, 0.4) is 0 Å². The number of rotatable bonds is 5. The normalized spacial score (nSPS) is 21.8. The highest BCUT2D eigenvalue weighted by Gasteiger charge is 2.28. The molecule has 0 atom stereocenters. The maximum absolute atomic E-state index is 12.4. The van der Waals surface area contributed by atoms with Gasteiger partial charge in [-0.1, -0.05) is 0 Å². The van der Waals surface area contributed by atoms with E-state index in [-0.39, 0.29) is 11.6 Å². The molecule has 29 heavy (non-hydrogen) atoms. The molecule has 3 aromatic heterocycles. The summed E-state index contributed by atoms with van der Waals surface area (Å²) in [6.07, 6.45) is 9.15. The predicted octanol–water partition coefficient (Wildman–Crippen LogP) is 2.40. The summed E-state index contributed by atoms with van der Waals surface area (Å²) in [6.45, 7) is 2.02. The van der Waals surface area contributed by atoms with Gasteiger partial charge in [0.05, 0.1) is 6.04 Å². The Hall–Kier alpha value is -3.10. The molecule has 1 N–H and O–H groups in total. The van der Waals surface area contributed by atoms with Crippen LogP contribution in [0.4, 0.5) is 5.82 Å². The van der Waals surface area contributed by atoms with E-state index in [0.717, 1.165) is 43.0 Å². The highest BCUT2D eigenvalue weighted by molar-refractivity contribution is 5.38. The SMILES string of the molecule is Cc1cc(NC2CCC(n3nc(-n4cncn4)ccc3=O)CC2)nc(C2CC2)n1. The molecule has 5 rings (SSSR count). The van der Waals surface area contributed by atoms with Crippen LogP contribution in [0.2, 0.25) is 0 Å². The molecular formula is C20H24N8O. The molecule has 0 spiro atoms. The zero-order chi connectivity index (χ0) is 19.8. The standard InChI is InChI=1S/C20H24N8O/c1-13-10-17(25-20(23-13)14-2-3-14)24-15-4-6-16(7-5-15)28-19(29)9-8-18(26-28)27-12-21-11-22-27/h8-12,14-16H,2-7H2,1H3,(H,23,24,25). The first kappa shape index (κ1) is 18.0. The van der Waals surface area contributed by atoms with Crippen molar-refractivity contribution in [3.63, 3.8) is 0 Å². The second kappa shape index (κ2) is 7.38. The molecule has 0 aromatic carbocycles. The molecule has 2 saturated carbocycles. The maximum atomic E-state index is 12.4. The predicted molar refractivity (Wildman–Crippen MR) is 107 cm³/mol. The van der Waals surface area contributed by atoms with E-state index in [2.05, 4.69) is 25.5 Å². The molecule has 0 saturated heterocycles. The lowest BCUT2D eigenvalue weighted by Gasteiger charge is -2.30. The quantitative estimate of drug-likeness (QED) is 0.711. The number of anilines is 1. The molecule has 3 aromatic rings. The van der Waals surface area contributed by atoms with E-state index < -0.39 is 0 Å². The summed E-state index contributed by atoms with van der Waals surface area (Å²) in [5.41, 5.74) is 0.935. The highest BCUT2D eigenvalue weighted by atomic mass is 16.1. The molecule has 0 bridgehead atoms. The fourth-order valence-corrected chi connectivity index (χ4v) is 3.99. The van der Waals surface area contributed by atoms with E-state index in [0.29, 0.717) is 17.8 Å². The van der Waals surface area contributed by atoms with Crippen LogP contribution in [0.5, 0.6) is 0 Å². The first-order valence-electron chi connectivity index (χ1n) is 10.2. The van der Waals surface area contributed by atoms with E-state index in [1.807, 2.05) is 13.0 Å². The van der Waals surface area contributed by atoms with Crippen molar-refractivity contribution in [3.8, 4) is 5.82 Å². The zero-order valence-electron chi connectivity index (χ0n) is 16.4. The minimum Gasteiger partial charge on any atom is -0.367 e. The molecule has 0 radical (unpaired) electrons. The molecule has 0 aliphatic heterocycles. The number of aryl methyl sites for hydroxylation is 1. The molecule has 2 aliphatic rings. The minimum absolute atomic E-state index is 0.0780. The van der Waals surface area contributed by atoms with E-state index >= 15 is 0 Å². The second-order valence-corrected chi connectivity index (χ2v) is 7.99. The fourth-order valence-electron chi connectivity index (χ4n) is 3.99. The van der Waals surface area contributed by atoms with Crippen LogP contribution in [0, 0.1) is 6.92 Å². The largest absolute Gasteiger partial charge is 0.367 e. The van der Waals surface area contributed by atoms with Gasteiger partial charge in [0.15, 0.2) is 5.82 Å². The molecule has 3 heterocycles. The zero-order valence-corrected chi connectivity index (χ0v) is 16.4. The van der Waals surface area contributed by atoms with Crippen LogP contribution in [-0.4, -0.2) is 40.6 Å². The van der Waals surface area contributed by atoms with Crippen LogP contribution in [0.15, 0.2) is 35.6 Å². The number of hydrogen-bond donors (Lipinski definition) is 1. The van der Waals surface area contributed by atoms with Crippen molar-refractivity contribution < 1.29 is 0 Å². The summed E-state index contributed by atoms with van der Waals surface area (Å²) in [6, 6.07) is 5.69. The lowest BCUT2D eigenvalue weighted by atomic mass is 9.91. The fraction of sp³-hybridized carbons (Fsp3) is 0.500. The number of nitrogens with one attached hydrogen (secondary N) is 1. The van der Waals surface area contributed by atoms with Gasteiger partial charge in [-0.05, 0) is 51.5 Å². The van der Waals surface area contributed by atoms with Gasteiger partial charge in [0, 0.05) is 29.8 Å². The summed E-state index contributed by atoms with van der Waals surface area (Å²) in [5, 5.41) is 12.2. The van der Waals surface area contributed by atoms with E-state index in [9.17, 15) is 4.79 Å². The van der Waals surface area contributed by atoms with Gasteiger partial charge in [-0.2, -0.15) is 5.10 Å². The number of hydrogen-bond acceptors (Lipinski definition) is 7. The van der Waals surface area contributed by atoms with Gasteiger partial charge in [0.2, 0.25) is 0 Å². The van der Waals surface area contributed by atoms with Crippen LogP contribution in [-0.2, 0) is 0 Å². The molecular weight excluding hydrogens is 368 g/mol. The molecule has 0 unspecified atom stereocenters. The Morgan fingerprint density at radius 1 is 1.07 bits per heavy atom. The van der Waals surface area contributed by atoms with Crippen molar-refractivity contribution >= 4 is 5.82 Å².